The van der Waals surface area contributed by atoms with Gasteiger partial charge >= 0.3 is 0 Å². The van der Waals surface area contributed by atoms with E-state index < -0.39 is 11.5 Å². The predicted octanol–water partition coefficient (Wildman–Crippen LogP) is 4.50. The molecule has 0 radical (unpaired) electrons. The molecule has 0 bridgehead atoms. The van der Waals surface area contributed by atoms with Crippen LogP contribution < -0.4 is 15.6 Å². The van der Waals surface area contributed by atoms with E-state index >= 15 is 0 Å². The largest absolute Gasteiger partial charge is 0.437 e. The van der Waals surface area contributed by atoms with Crippen molar-refractivity contribution in [2.75, 3.05) is 0 Å². The molecule has 7 nitrogen and oxygen atoms in total. The summed E-state index contributed by atoms with van der Waals surface area (Å²) in [7, 11) is 0. The van der Waals surface area contributed by atoms with Crippen LogP contribution in [0.2, 0.25) is 5.02 Å². The van der Waals surface area contributed by atoms with Crippen LogP contribution in [0.3, 0.4) is 0 Å². The summed E-state index contributed by atoms with van der Waals surface area (Å²) in [6, 6.07) is 13.8. The fourth-order valence-electron chi connectivity index (χ4n) is 3.72. The molecule has 3 aromatic rings. The molecule has 0 atom stereocenters. The van der Waals surface area contributed by atoms with E-state index in [1.54, 1.807) is 48.7 Å². The number of amides is 1. The van der Waals surface area contributed by atoms with Gasteiger partial charge in [0.2, 0.25) is 5.88 Å². The standard InChI is InChI=1S/C24H21ClN4O3/c25-19-10-4-5-11-20(19)32-23-18(24(31)29-13-7-6-12-21(29)28-23)14-16(15-26)22(30)27-17-8-2-1-3-9-17/h4-7,10-14,17H,1-3,8-9H2,(H,27,30)/b16-14+. The first kappa shape index (κ1) is 21.6. The van der Waals surface area contributed by atoms with E-state index in [-0.39, 0.29) is 23.1 Å². The molecule has 162 valence electrons. The van der Waals surface area contributed by atoms with E-state index in [0.29, 0.717) is 16.4 Å². The van der Waals surface area contributed by atoms with Gasteiger partial charge in [-0.25, -0.2) is 0 Å². The van der Waals surface area contributed by atoms with E-state index in [9.17, 15) is 14.9 Å². The van der Waals surface area contributed by atoms with Gasteiger partial charge in [-0.15, -0.1) is 0 Å². The van der Waals surface area contributed by atoms with Crippen molar-refractivity contribution < 1.29 is 9.53 Å². The number of halogens is 1. The molecule has 0 saturated heterocycles. The first-order valence-electron chi connectivity index (χ1n) is 10.4. The topological polar surface area (TPSA) is 96.5 Å². The third kappa shape index (κ3) is 4.66. The maximum atomic E-state index is 13.2. The van der Waals surface area contributed by atoms with Gasteiger partial charge in [0.15, 0.2) is 0 Å². The zero-order chi connectivity index (χ0) is 22.5. The minimum atomic E-state index is -0.513. The lowest BCUT2D eigenvalue weighted by Gasteiger charge is -2.22. The fraction of sp³-hybridized carbons (Fsp3) is 0.250. The average molecular weight is 449 g/mol. The van der Waals surface area contributed by atoms with Crippen LogP contribution in [0.25, 0.3) is 11.7 Å². The van der Waals surface area contributed by atoms with E-state index in [4.69, 9.17) is 16.3 Å². The second-order valence-corrected chi connectivity index (χ2v) is 7.98. The van der Waals surface area contributed by atoms with Gasteiger partial charge in [0.05, 0.1) is 5.02 Å². The first-order valence-corrected chi connectivity index (χ1v) is 10.8. The molecule has 0 unspecified atom stereocenters. The smallest absolute Gasteiger partial charge is 0.269 e. The van der Waals surface area contributed by atoms with E-state index in [1.807, 2.05) is 6.07 Å². The molecule has 2 aromatic heterocycles. The van der Waals surface area contributed by atoms with Crippen molar-refractivity contribution in [2.45, 2.75) is 38.1 Å². The Bertz CT molecular complexity index is 1290. The van der Waals surface area contributed by atoms with Crippen LogP contribution in [-0.2, 0) is 4.79 Å². The predicted molar refractivity (Wildman–Crippen MR) is 122 cm³/mol. The Morgan fingerprint density at radius 1 is 1.19 bits per heavy atom. The highest BCUT2D eigenvalue weighted by atomic mass is 35.5. The van der Waals surface area contributed by atoms with Crippen LogP contribution >= 0.6 is 11.6 Å². The Morgan fingerprint density at radius 2 is 1.94 bits per heavy atom. The minimum Gasteiger partial charge on any atom is -0.437 e. The molecule has 1 aliphatic carbocycles. The molecule has 1 amide bonds. The number of benzene rings is 1. The Morgan fingerprint density at radius 3 is 2.69 bits per heavy atom. The van der Waals surface area contributed by atoms with Gasteiger partial charge in [-0.05, 0) is 43.2 Å². The lowest BCUT2D eigenvalue weighted by Crippen LogP contribution is -2.36. The van der Waals surface area contributed by atoms with Crippen molar-refractivity contribution in [1.82, 2.24) is 14.7 Å². The van der Waals surface area contributed by atoms with Crippen LogP contribution in [-0.4, -0.2) is 21.3 Å². The van der Waals surface area contributed by atoms with Gasteiger partial charge < -0.3 is 10.1 Å². The van der Waals surface area contributed by atoms with Crippen LogP contribution in [0.5, 0.6) is 11.6 Å². The quantitative estimate of drug-likeness (QED) is 0.458. The SMILES string of the molecule is N#C/C(=C\c1c(Oc2ccccc2Cl)nc2ccccn2c1=O)C(=O)NC1CCCCC1. The molecular formula is C24H21ClN4O3. The molecule has 1 fully saturated rings. The maximum absolute atomic E-state index is 13.2. The zero-order valence-electron chi connectivity index (χ0n) is 17.3. The molecule has 0 aliphatic heterocycles. The highest BCUT2D eigenvalue weighted by Gasteiger charge is 2.21. The number of ether oxygens (including phenoxy) is 1. The molecule has 8 heteroatoms. The van der Waals surface area contributed by atoms with Crippen molar-refractivity contribution in [1.29, 1.82) is 5.26 Å². The summed E-state index contributed by atoms with van der Waals surface area (Å²) in [5.41, 5.74) is -0.295. The van der Waals surface area contributed by atoms with Crippen molar-refractivity contribution in [3.05, 3.63) is 75.2 Å². The molecule has 32 heavy (non-hydrogen) atoms. The minimum absolute atomic E-state index is 0.0102. The number of nitrogens with one attached hydrogen (secondary N) is 1. The van der Waals surface area contributed by atoms with Gasteiger partial charge in [0, 0.05) is 12.2 Å². The molecular weight excluding hydrogens is 428 g/mol. The number of pyridine rings is 1. The Hall–Kier alpha value is -3.63. The maximum Gasteiger partial charge on any atom is 0.269 e. The van der Waals surface area contributed by atoms with E-state index in [1.165, 1.54) is 10.5 Å². The number of nitrogens with zero attached hydrogens (tertiary/aromatic N) is 3. The lowest BCUT2D eigenvalue weighted by molar-refractivity contribution is -0.117. The van der Waals surface area contributed by atoms with Gasteiger partial charge in [0.25, 0.3) is 11.5 Å². The van der Waals surface area contributed by atoms with Crippen molar-refractivity contribution in [3.8, 4) is 17.7 Å². The summed E-state index contributed by atoms with van der Waals surface area (Å²) < 4.78 is 7.19. The Labute approximate surface area is 189 Å². The molecule has 1 saturated carbocycles. The summed E-state index contributed by atoms with van der Waals surface area (Å²) in [6.07, 6.45) is 7.80. The monoisotopic (exact) mass is 448 g/mol. The van der Waals surface area contributed by atoms with Gasteiger partial charge in [0.1, 0.15) is 28.6 Å². The fourth-order valence-corrected chi connectivity index (χ4v) is 3.89. The third-order valence-corrected chi connectivity index (χ3v) is 5.68. The summed E-state index contributed by atoms with van der Waals surface area (Å²) in [5, 5.41) is 12.9. The van der Waals surface area contributed by atoms with Gasteiger partial charge in [-0.2, -0.15) is 10.2 Å². The van der Waals surface area contributed by atoms with E-state index in [2.05, 4.69) is 10.3 Å². The highest BCUT2D eigenvalue weighted by molar-refractivity contribution is 6.32. The molecule has 0 spiro atoms. The van der Waals surface area contributed by atoms with Crippen LogP contribution in [0.4, 0.5) is 0 Å². The molecule has 4 rings (SSSR count). The normalized spacial score (nSPS) is 14.7. The van der Waals surface area contributed by atoms with Crippen LogP contribution in [0.15, 0.2) is 59.0 Å². The lowest BCUT2D eigenvalue weighted by atomic mass is 9.95. The number of carbonyl (C=O) groups is 1. The number of para-hydroxylation sites is 1. The second-order valence-electron chi connectivity index (χ2n) is 7.58. The highest BCUT2D eigenvalue weighted by Crippen LogP contribution is 2.30. The molecule has 1 aromatic carbocycles. The average Bonchev–Trinajstić information content (AvgIpc) is 2.81. The zero-order valence-corrected chi connectivity index (χ0v) is 18.0. The number of aromatic nitrogens is 2. The number of rotatable bonds is 5. The van der Waals surface area contributed by atoms with Gasteiger partial charge in [-0.3, -0.25) is 14.0 Å². The third-order valence-electron chi connectivity index (χ3n) is 5.37. The van der Waals surface area contributed by atoms with Crippen LogP contribution in [0.1, 0.15) is 37.7 Å². The Kier molecular flexibility index (Phi) is 6.52. The molecule has 1 aliphatic rings. The first-order chi connectivity index (χ1) is 15.6. The number of hydrogen-bond acceptors (Lipinski definition) is 5. The summed E-state index contributed by atoms with van der Waals surface area (Å²) in [4.78, 5) is 30.4. The summed E-state index contributed by atoms with van der Waals surface area (Å²) >= 11 is 6.21. The molecule has 2 heterocycles. The van der Waals surface area contributed by atoms with Crippen molar-refractivity contribution >= 4 is 29.2 Å². The number of nitriles is 1. The summed E-state index contributed by atoms with van der Waals surface area (Å²) in [5.74, 6) is -0.241. The summed E-state index contributed by atoms with van der Waals surface area (Å²) in [6.45, 7) is 0. The van der Waals surface area contributed by atoms with Crippen molar-refractivity contribution in [2.24, 2.45) is 0 Å². The number of fused-ring (bicyclic) bond motifs is 1. The van der Waals surface area contributed by atoms with Gasteiger partial charge in [-0.1, -0.05) is 49.1 Å². The van der Waals surface area contributed by atoms with E-state index in [0.717, 1.165) is 32.1 Å². The second kappa shape index (κ2) is 9.67. The number of hydrogen-bond donors (Lipinski definition) is 1. The molecule has 1 N–H and O–H groups in total. The Balaban J connectivity index is 1.77. The number of carbonyl (C=O) groups excluding carboxylic acids is 1. The van der Waals surface area contributed by atoms with Crippen molar-refractivity contribution in [3.63, 3.8) is 0 Å². The van der Waals surface area contributed by atoms with Crippen LogP contribution in [0, 0.1) is 11.3 Å².